The number of aliphatic carboxylic acids is 1. The van der Waals surface area contributed by atoms with Gasteiger partial charge in [0.05, 0.1) is 5.41 Å². The molecule has 20 heavy (non-hydrogen) atoms. The summed E-state index contributed by atoms with van der Waals surface area (Å²) in [7, 11) is 0. The summed E-state index contributed by atoms with van der Waals surface area (Å²) >= 11 is 0. The Morgan fingerprint density at radius 2 is 1.80 bits per heavy atom. The van der Waals surface area contributed by atoms with Gasteiger partial charge in [-0.2, -0.15) is 0 Å². The zero-order chi connectivity index (χ0) is 14.8. The van der Waals surface area contributed by atoms with Crippen molar-refractivity contribution in [3.63, 3.8) is 0 Å². The van der Waals surface area contributed by atoms with Crippen molar-refractivity contribution in [3.8, 4) is 0 Å². The Balaban J connectivity index is 2.00. The van der Waals surface area contributed by atoms with Crippen LogP contribution >= 0.6 is 0 Å². The van der Waals surface area contributed by atoms with E-state index in [2.05, 4.69) is 13.8 Å². The maximum absolute atomic E-state index is 12.5. The monoisotopic (exact) mass is 281 g/mol. The van der Waals surface area contributed by atoms with Gasteiger partial charge in [0, 0.05) is 19.5 Å². The molecule has 0 aromatic rings. The van der Waals surface area contributed by atoms with Gasteiger partial charge < -0.3 is 10.0 Å². The lowest BCUT2D eigenvalue weighted by Gasteiger charge is -2.38. The molecule has 0 aromatic heterocycles. The lowest BCUT2D eigenvalue weighted by molar-refractivity contribution is -0.156. The molecule has 1 saturated carbocycles. The molecule has 2 rings (SSSR count). The molecule has 2 unspecified atom stereocenters. The SMILES string of the molecule is CC1CCN(C(=O)CC2(C(=O)O)CCCCC2)CC1C. The van der Waals surface area contributed by atoms with Crippen molar-refractivity contribution in [1.82, 2.24) is 4.90 Å². The maximum Gasteiger partial charge on any atom is 0.310 e. The van der Waals surface area contributed by atoms with E-state index in [0.717, 1.165) is 38.8 Å². The second-order valence-electron chi connectivity index (χ2n) is 6.91. The minimum Gasteiger partial charge on any atom is -0.481 e. The summed E-state index contributed by atoms with van der Waals surface area (Å²) in [4.78, 5) is 26.0. The third-order valence-electron chi connectivity index (χ3n) is 5.44. The lowest BCUT2D eigenvalue weighted by atomic mass is 9.71. The van der Waals surface area contributed by atoms with Crippen molar-refractivity contribution >= 4 is 11.9 Å². The average Bonchev–Trinajstić information content (AvgIpc) is 2.42. The number of rotatable bonds is 3. The molecule has 114 valence electrons. The number of nitrogens with zero attached hydrogens (tertiary/aromatic N) is 1. The zero-order valence-corrected chi connectivity index (χ0v) is 12.7. The summed E-state index contributed by atoms with van der Waals surface area (Å²) in [6, 6.07) is 0. The van der Waals surface area contributed by atoms with Gasteiger partial charge in [-0.05, 0) is 31.1 Å². The van der Waals surface area contributed by atoms with Crippen LogP contribution in [0.25, 0.3) is 0 Å². The van der Waals surface area contributed by atoms with Gasteiger partial charge in [-0.3, -0.25) is 9.59 Å². The number of piperidine rings is 1. The number of hydrogen-bond donors (Lipinski definition) is 1. The first kappa shape index (κ1) is 15.3. The van der Waals surface area contributed by atoms with Crippen LogP contribution in [-0.4, -0.2) is 35.0 Å². The number of carbonyl (C=O) groups is 2. The third kappa shape index (κ3) is 3.15. The molecule has 4 nitrogen and oxygen atoms in total. The van der Waals surface area contributed by atoms with Crippen LogP contribution in [-0.2, 0) is 9.59 Å². The van der Waals surface area contributed by atoms with Crippen molar-refractivity contribution in [2.75, 3.05) is 13.1 Å². The van der Waals surface area contributed by atoms with Crippen LogP contribution in [0.5, 0.6) is 0 Å². The van der Waals surface area contributed by atoms with Crippen molar-refractivity contribution < 1.29 is 14.7 Å². The smallest absolute Gasteiger partial charge is 0.310 e. The predicted octanol–water partition coefficient (Wildman–Crippen LogP) is 2.92. The summed E-state index contributed by atoms with van der Waals surface area (Å²) in [5.74, 6) is 0.444. The Labute approximate surface area is 121 Å². The van der Waals surface area contributed by atoms with Gasteiger partial charge in [0.1, 0.15) is 0 Å². The highest BCUT2D eigenvalue weighted by Crippen LogP contribution is 2.40. The predicted molar refractivity (Wildman–Crippen MR) is 77.3 cm³/mol. The molecule has 2 fully saturated rings. The van der Waals surface area contributed by atoms with E-state index in [1.165, 1.54) is 0 Å². The molecule has 1 aliphatic carbocycles. The molecule has 1 saturated heterocycles. The largest absolute Gasteiger partial charge is 0.481 e. The first-order valence-corrected chi connectivity index (χ1v) is 7.96. The van der Waals surface area contributed by atoms with Gasteiger partial charge in [-0.1, -0.05) is 33.1 Å². The number of carbonyl (C=O) groups excluding carboxylic acids is 1. The fourth-order valence-corrected chi connectivity index (χ4v) is 3.59. The molecule has 4 heteroatoms. The summed E-state index contributed by atoms with van der Waals surface area (Å²) in [6.45, 7) is 5.99. The van der Waals surface area contributed by atoms with Crippen molar-refractivity contribution in [2.45, 2.75) is 58.8 Å². The molecule has 0 bridgehead atoms. The van der Waals surface area contributed by atoms with Crippen molar-refractivity contribution in [3.05, 3.63) is 0 Å². The number of carboxylic acid groups (broad SMARTS) is 1. The Bertz CT molecular complexity index is 374. The molecule has 2 atom stereocenters. The number of hydrogen-bond acceptors (Lipinski definition) is 2. The van der Waals surface area contributed by atoms with Crippen LogP contribution in [0.2, 0.25) is 0 Å². The van der Waals surface area contributed by atoms with Crippen LogP contribution in [0.1, 0.15) is 58.8 Å². The fourth-order valence-electron chi connectivity index (χ4n) is 3.59. The van der Waals surface area contributed by atoms with Gasteiger partial charge in [0.25, 0.3) is 0 Å². The molecule has 1 amide bonds. The van der Waals surface area contributed by atoms with Crippen molar-refractivity contribution in [1.29, 1.82) is 0 Å². The highest BCUT2D eigenvalue weighted by molar-refractivity contribution is 5.85. The van der Waals surface area contributed by atoms with E-state index in [-0.39, 0.29) is 12.3 Å². The normalized spacial score (nSPS) is 30.0. The summed E-state index contributed by atoms with van der Waals surface area (Å²) < 4.78 is 0. The van der Waals surface area contributed by atoms with E-state index in [1.807, 2.05) is 4.90 Å². The van der Waals surface area contributed by atoms with Crippen LogP contribution in [0.4, 0.5) is 0 Å². The second-order valence-corrected chi connectivity index (χ2v) is 6.91. The quantitative estimate of drug-likeness (QED) is 0.865. The molecule has 0 radical (unpaired) electrons. The van der Waals surface area contributed by atoms with E-state index < -0.39 is 11.4 Å². The van der Waals surface area contributed by atoms with E-state index in [9.17, 15) is 14.7 Å². The van der Waals surface area contributed by atoms with Crippen LogP contribution in [0, 0.1) is 17.3 Å². The minimum absolute atomic E-state index is 0.0491. The molecular weight excluding hydrogens is 254 g/mol. The highest BCUT2D eigenvalue weighted by Gasteiger charge is 2.42. The van der Waals surface area contributed by atoms with Gasteiger partial charge in [0.2, 0.25) is 5.91 Å². The van der Waals surface area contributed by atoms with Gasteiger partial charge >= 0.3 is 5.97 Å². The first-order valence-electron chi connectivity index (χ1n) is 7.96. The molecule has 1 aliphatic heterocycles. The Kier molecular flexibility index (Phi) is 4.71. The summed E-state index contributed by atoms with van der Waals surface area (Å²) in [5.41, 5.74) is -0.790. The first-order chi connectivity index (χ1) is 9.44. The Morgan fingerprint density at radius 1 is 1.15 bits per heavy atom. The van der Waals surface area contributed by atoms with E-state index in [1.54, 1.807) is 0 Å². The Morgan fingerprint density at radius 3 is 2.35 bits per heavy atom. The van der Waals surface area contributed by atoms with Crippen LogP contribution in [0.15, 0.2) is 0 Å². The molecule has 0 spiro atoms. The standard InChI is InChI=1S/C16H27NO3/c1-12-6-9-17(11-13(12)2)14(18)10-16(15(19)20)7-4-3-5-8-16/h12-13H,3-11H2,1-2H3,(H,19,20). The fraction of sp³-hybridized carbons (Fsp3) is 0.875. The summed E-state index contributed by atoms with van der Waals surface area (Å²) in [5, 5.41) is 9.56. The van der Waals surface area contributed by atoms with Crippen LogP contribution < -0.4 is 0 Å². The van der Waals surface area contributed by atoms with E-state index >= 15 is 0 Å². The molecule has 0 aromatic carbocycles. The van der Waals surface area contributed by atoms with Crippen LogP contribution in [0.3, 0.4) is 0 Å². The second kappa shape index (κ2) is 6.15. The van der Waals surface area contributed by atoms with Gasteiger partial charge in [0.15, 0.2) is 0 Å². The summed E-state index contributed by atoms with van der Waals surface area (Å²) in [6.07, 6.45) is 5.53. The molecule has 1 heterocycles. The molecular formula is C16H27NO3. The molecule has 1 N–H and O–H groups in total. The van der Waals surface area contributed by atoms with E-state index in [4.69, 9.17) is 0 Å². The number of amides is 1. The molecule has 2 aliphatic rings. The third-order valence-corrected chi connectivity index (χ3v) is 5.44. The van der Waals surface area contributed by atoms with Gasteiger partial charge in [-0.25, -0.2) is 0 Å². The maximum atomic E-state index is 12.5. The van der Waals surface area contributed by atoms with Crippen molar-refractivity contribution in [2.24, 2.45) is 17.3 Å². The number of carboxylic acids is 1. The zero-order valence-electron chi connectivity index (χ0n) is 12.7. The van der Waals surface area contributed by atoms with E-state index in [0.29, 0.717) is 24.7 Å². The highest BCUT2D eigenvalue weighted by atomic mass is 16.4. The lowest BCUT2D eigenvalue weighted by Crippen LogP contribution is -2.46. The average molecular weight is 281 g/mol. The van der Waals surface area contributed by atoms with Gasteiger partial charge in [-0.15, -0.1) is 0 Å². The number of likely N-dealkylation sites (tertiary alicyclic amines) is 1. The Hall–Kier alpha value is -1.06. The topological polar surface area (TPSA) is 57.6 Å². The minimum atomic E-state index is -0.790.